The van der Waals surface area contributed by atoms with Crippen LogP contribution in [0.5, 0.6) is 0 Å². The van der Waals surface area contributed by atoms with Crippen LogP contribution >= 0.6 is 11.6 Å². The minimum absolute atomic E-state index is 0.00415. The highest BCUT2D eigenvalue weighted by molar-refractivity contribution is 6.31. The zero-order valence-electron chi connectivity index (χ0n) is 14.8. The molecule has 0 saturated carbocycles. The molecule has 0 aliphatic carbocycles. The van der Waals surface area contributed by atoms with Crippen LogP contribution in [0.1, 0.15) is 12.8 Å². The van der Waals surface area contributed by atoms with Gasteiger partial charge in [0.2, 0.25) is 11.9 Å². The molecule has 1 aliphatic rings. The van der Waals surface area contributed by atoms with Crippen LogP contribution < -0.4 is 16.0 Å². The zero-order chi connectivity index (χ0) is 19.7. The number of nitrogens with two attached hydrogens (primary N) is 1. The Morgan fingerprint density at radius 3 is 2.96 bits per heavy atom. The molecule has 0 radical (unpaired) electrons. The second kappa shape index (κ2) is 7.51. The van der Waals surface area contributed by atoms with E-state index >= 15 is 0 Å². The highest BCUT2D eigenvalue weighted by Gasteiger charge is 2.25. The standard InChI is InChI=1S/C18H17ClFN7O/c19-12-6-11(3-4-13(12)20)25-17-15-14(23-9-24-17)7-22-18(26-15)27-5-1-2-10(8-27)16(21)28/h3-4,6-7,9-10H,1-2,5,8H2,(H2,21,28)(H,23,24,25). The molecule has 3 aromatic rings. The predicted molar refractivity (Wildman–Crippen MR) is 104 cm³/mol. The van der Waals surface area contributed by atoms with Gasteiger partial charge in [0, 0.05) is 18.8 Å². The number of hydrogen-bond acceptors (Lipinski definition) is 7. The summed E-state index contributed by atoms with van der Waals surface area (Å²) in [6.07, 6.45) is 4.60. The molecule has 3 N–H and O–H groups in total. The number of nitrogens with one attached hydrogen (secondary N) is 1. The van der Waals surface area contributed by atoms with Crippen molar-refractivity contribution in [3.8, 4) is 0 Å². The number of halogens is 2. The van der Waals surface area contributed by atoms with Crippen LogP contribution in [0, 0.1) is 11.7 Å². The number of nitrogens with zero attached hydrogens (tertiary/aromatic N) is 5. The summed E-state index contributed by atoms with van der Waals surface area (Å²) in [5.74, 6) is -0.116. The summed E-state index contributed by atoms with van der Waals surface area (Å²) < 4.78 is 13.4. The average Bonchev–Trinajstić information content (AvgIpc) is 2.71. The highest BCUT2D eigenvalue weighted by Crippen LogP contribution is 2.27. The Bertz CT molecular complexity index is 1050. The first kappa shape index (κ1) is 18.3. The van der Waals surface area contributed by atoms with Gasteiger partial charge in [0.15, 0.2) is 5.82 Å². The number of fused-ring (bicyclic) bond motifs is 1. The normalized spacial score (nSPS) is 16.9. The molecule has 1 saturated heterocycles. The van der Waals surface area contributed by atoms with E-state index in [4.69, 9.17) is 17.3 Å². The van der Waals surface area contributed by atoms with Crippen LogP contribution in [-0.2, 0) is 4.79 Å². The Labute approximate surface area is 165 Å². The number of aromatic nitrogens is 4. The Kier molecular flexibility index (Phi) is 4.91. The number of anilines is 3. The third-order valence-electron chi connectivity index (χ3n) is 4.65. The summed E-state index contributed by atoms with van der Waals surface area (Å²) in [6.45, 7) is 1.21. The average molecular weight is 402 g/mol. The molecule has 8 nitrogen and oxygen atoms in total. The maximum Gasteiger partial charge on any atom is 0.226 e. The summed E-state index contributed by atoms with van der Waals surface area (Å²) >= 11 is 5.85. The minimum atomic E-state index is -0.501. The van der Waals surface area contributed by atoms with Gasteiger partial charge in [0.1, 0.15) is 23.2 Å². The monoisotopic (exact) mass is 401 g/mol. The molecule has 10 heteroatoms. The number of carbonyl (C=O) groups is 1. The third kappa shape index (κ3) is 3.65. The fourth-order valence-electron chi connectivity index (χ4n) is 3.19. The van der Waals surface area contributed by atoms with Gasteiger partial charge in [-0.3, -0.25) is 4.79 Å². The lowest BCUT2D eigenvalue weighted by Gasteiger charge is -2.31. The van der Waals surface area contributed by atoms with Crippen LogP contribution in [0.3, 0.4) is 0 Å². The van der Waals surface area contributed by atoms with Crippen LogP contribution in [-0.4, -0.2) is 38.9 Å². The van der Waals surface area contributed by atoms with E-state index in [2.05, 4.69) is 25.3 Å². The summed E-state index contributed by atoms with van der Waals surface area (Å²) in [7, 11) is 0. The number of hydrogen-bond donors (Lipinski definition) is 2. The lowest BCUT2D eigenvalue weighted by Crippen LogP contribution is -2.41. The second-order valence-electron chi connectivity index (χ2n) is 6.57. The van der Waals surface area contributed by atoms with Gasteiger partial charge in [0.05, 0.1) is 17.1 Å². The van der Waals surface area contributed by atoms with Crippen molar-refractivity contribution < 1.29 is 9.18 Å². The molecule has 28 heavy (non-hydrogen) atoms. The molecule has 1 aromatic carbocycles. The van der Waals surface area contributed by atoms with Crippen molar-refractivity contribution in [1.82, 2.24) is 19.9 Å². The van der Waals surface area contributed by atoms with Crippen molar-refractivity contribution in [3.05, 3.63) is 41.6 Å². The van der Waals surface area contributed by atoms with E-state index in [0.29, 0.717) is 35.0 Å². The zero-order valence-corrected chi connectivity index (χ0v) is 15.5. The number of carbonyl (C=O) groups excluding carboxylic acids is 1. The molecule has 2 aromatic heterocycles. The molecule has 1 aliphatic heterocycles. The van der Waals surface area contributed by atoms with Gasteiger partial charge in [-0.25, -0.2) is 24.3 Å². The van der Waals surface area contributed by atoms with Crippen LogP contribution in [0.4, 0.5) is 21.8 Å². The molecule has 3 heterocycles. The summed E-state index contributed by atoms with van der Waals surface area (Å²) in [5.41, 5.74) is 7.09. The van der Waals surface area contributed by atoms with Crippen LogP contribution in [0.2, 0.25) is 5.02 Å². The lowest BCUT2D eigenvalue weighted by atomic mass is 9.98. The molecule has 144 valence electrons. The van der Waals surface area contributed by atoms with E-state index in [1.165, 1.54) is 18.5 Å². The summed E-state index contributed by atoms with van der Waals surface area (Å²) in [5, 5.41) is 3.09. The molecule has 1 unspecified atom stereocenters. The van der Waals surface area contributed by atoms with E-state index in [1.54, 1.807) is 12.3 Å². The highest BCUT2D eigenvalue weighted by atomic mass is 35.5. The molecule has 1 fully saturated rings. The Balaban J connectivity index is 1.67. The first-order chi connectivity index (χ1) is 13.5. The molecule has 4 rings (SSSR count). The van der Waals surface area contributed by atoms with Crippen molar-refractivity contribution in [2.24, 2.45) is 11.7 Å². The van der Waals surface area contributed by atoms with E-state index in [9.17, 15) is 9.18 Å². The van der Waals surface area contributed by atoms with Gasteiger partial charge in [-0.15, -0.1) is 0 Å². The lowest BCUT2D eigenvalue weighted by molar-refractivity contribution is -0.122. The molecular formula is C18H17ClFN7O. The van der Waals surface area contributed by atoms with Gasteiger partial charge < -0.3 is 16.0 Å². The number of primary amides is 1. The molecule has 1 amide bonds. The third-order valence-corrected chi connectivity index (χ3v) is 4.94. The maximum atomic E-state index is 13.4. The molecular weight excluding hydrogens is 385 g/mol. The van der Waals surface area contributed by atoms with Crippen molar-refractivity contribution in [3.63, 3.8) is 0 Å². The van der Waals surface area contributed by atoms with Crippen molar-refractivity contribution in [1.29, 1.82) is 0 Å². The van der Waals surface area contributed by atoms with Crippen LogP contribution in [0.15, 0.2) is 30.7 Å². The SMILES string of the molecule is NC(=O)C1CCCN(c2ncc3ncnc(Nc4ccc(F)c(Cl)c4)c3n2)C1. The molecule has 0 bridgehead atoms. The van der Waals surface area contributed by atoms with Gasteiger partial charge in [-0.2, -0.15) is 0 Å². The minimum Gasteiger partial charge on any atom is -0.369 e. The molecule has 1 atom stereocenters. The van der Waals surface area contributed by atoms with E-state index in [0.717, 1.165) is 19.4 Å². The van der Waals surface area contributed by atoms with Gasteiger partial charge >= 0.3 is 0 Å². The first-order valence-electron chi connectivity index (χ1n) is 8.75. The summed E-state index contributed by atoms with van der Waals surface area (Å²) in [6, 6.07) is 4.29. The number of amides is 1. The van der Waals surface area contributed by atoms with Crippen molar-refractivity contribution in [2.75, 3.05) is 23.3 Å². The number of benzene rings is 1. The molecule has 0 spiro atoms. The Hall–Kier alpha value is -3.07. The Morgan fingerprint density at radius 2 is 2.18 bits per heavy atom. The fraction of sp³-hybridized carbons (Fsp3) is 0.278. The topological polar surface area (TPSA) is 110 Å². The smallest absolute Gasteiger partial charge is 0.226 e. The van der Waals surface area contributed by atoms with Crippen LogP contribution in [0.25, 0.3) is 11.0 Å². The first-order valence-corrected chi connectivity index (χ1v) is 9.13. The summed E-state index contributed by atoms with van der Waals surface area (Å²) in [4.78, 5) is 30.9. The van der Waals surface area contributed by atoms with Crippen molar-refractivity contribution >= 4 is 46.0 Å². The van der Waals surface area contributed by atoms with Gasteiger partial charge in [0.25, 0.3) is 0 Å². The van der Waals surface area contributed by atoms with E-state index < -0.39 is 5.82 Å². The largest absolute Gasteiger partial charge is 0.369 e. The van der Waals surface area contributed by atoms with Gasteiger partial charge in [-0.05, 0) is 31.0 Å². The Morgan fingerprint density at radius 1 is 1.32 bits per heavy atom. The maximum absolute atomic E-state index is 13.4. The van der Waals surface area contributed by atoms with Crippen molar-refractivity contribution in [2.45, 2.75) is 12.8 Å². The van der Waals surface area contributed by atoms with Gasteiger partial charge in [-0.1, -0.05) is 11.6 Å². The number of rotatable bonds is 4. The quantitative estimate of drug-likeness (QED) is 0.691. The van der Waals surface area contributed by atoms with E-state index in [1.807, 2.05) is 4.90 Å². The predicted octanol–water partition coefficient (Wildman–Crippen LogP) is 2.66. The number of piperidine rings is 1. The second-order valence-corrected chi connectivity index (χ2v) is 6.97. The fourth-order valence-corrected chi connectivity index (χ4v) is 3.37. The van der Waals surface area contributed by atoms with E-state index in [-0.39, 0.29) is 16.8 Å².